The van der Waals surface area contributed by atoms with Gasteiger partial charge in [-0.3, -0.25) is 4.79 Å². The Morgan fingerprint density at radius 2 is 1.94 bits per heavy atom. The zero-order chi connectivity index (χ0) is 13.3. The first-order valence-corrected chi connectivity index (χ1v) is 6.94. The van der Waals surface area contributed by atoms with E-state index in [4.69, 9.17) is 18.0 Å². The maximum atomic E-state index is 12.0. The van der Waals surface area contributed by atoms with Crippen LogP contribution in [0.5, 0.6) is 0 Å². The van der Waals surface area contributed by atoms with Crippen molar-refractivity contribution in [2.75, 3.05) is 13.1 Å². The molecule has 0 aromatic rings. The summed E-state index contributed by atoms with van der Waals surface area (Å²) >= 11 is 4.86. The lowest BCUT2D eigenvalue weighted by atomic mass is 10.1. The van der Waals surface area contributed by atoms with Gasteiger partial charge in [0.1, 0.15) is 0 Å². The van der Waals surface area contributed by atoms with Crippen LogP contribution in [0.15, 0.2) is 0 Å². The highest BCUT2D eigenvalue weighted by Crippen LogP contribution is 2.07. The molecule has 0 radical (unpaired) electrons. The van der Waals surface area contributed by atoms with Crippen LogP contribution in [0, 0.1) is 5.92 Å². The van der Waals surface area contributed by atoms with Gasteiger partial charge in [0.15, 0.2) is 0 Å². The Bertz CT molecular complexity index is 242. The van der Waals surface area contributed by atoms with E-state index < -0.39 is 0 Å². The van der Waals surface area contributed by atoms with E-state index in [1.807, 2.05) is 4.90 Å². The monoisotopic (exact) mass is 258 g/mol. The van der Waals surface area contributed by atoms with Gasteiger partial charge in [-0.15, -0.1) is 0 Å². The standard InChI is InChI=1S/C13H26N2OS/c1-4-5-6-7-13(16)15(10-11(2)3)9-8-12(14)17/h11H,4-10H2,1-3H3,(H2,14,17). The largest absolute Gasteiger partial charge is 0.393 e. The van der Waals surface area contributed by atoms with Gasteiger partial charge in [-0.05, 0) is 12.3 Å². The molecule has 0 unspecified atom stereocenters. The lowest BCUT2D eigenvalue weighted by molar-refractivity contribution is -0.131. The number of rotatable bonds is 9. The molecule has 0 fully saturated rings. The third-order valence-electron chi connectivity index (χ3n) is 2.56. The van der Waals surface area contributed by atoms with Crippen LogP contribution in [-0.4, -0.2) is 28.9 Å². The van der Waals surface area contributed by atoms with Crippen LogP contribution in [0.3, 0.4) is 0 Å². The maximum Gasteiger partial charge on any atom is 0.222 e. The summed E-state index contributed by atoms with van der Waals surface area (Å²) < 4.78 is 0. The lowest BCUT2D eigenvalue weighted by Crippen LogP contribution is -2.36. The quantitative estimate of drug-likeness (QED) is 0.511. The summed E-state index contributed by atoms with van der Waals surface area (Å²) in [6, 6.07) is 0. The average molecular weight is 258 g/mol. The van der Waals surface area contributed by atoms with Crippen molar-refractivity contribution in [3.05, 3.63) is 0 Å². The number of unbranched alkanes of at least 4 members (excludes halogenated alkanes) is 2. The highest BCUT2D eigenvalue weighted by atomic mass is 32.1. The summed E-state index contributed by atoms with van der Waals surface area (Å²) in [5.74, 6) is 0.722. The molecule has 0 saturated carbocycles. The number of amides is 1. The van der Waals surface area contributed by atoms with Crippen molar-refractivity contribution in [1.29, 1.82) is 0 Å². The van der Waals surface area contributed by atoms with Crippen molar-refractivity contribution in [1.82, 2.24) is 4.90 Å². The van der Waals surface area contributed by atoms with Gasteiger partial charge in [0, 0.05) is 25.9 Å². The fraction of sp³-hybridized carbons (Fsp3) is 0.846. The molecule has 0 saturated heterocycles. The fourth-order valence-corrected chi connectivity index (χ4v) is 1.78. The number of nitrogens with two attached hydrogens (primary N) is 1. The Labute approximate surface area is 111 Å². The average Bonchev–Trinajstić information content (AvgIpc) is 2.23. The first-order valence-electron chi connectivity index (χ1n) is 6.53. The summed E-state index contributed by atoms with van der Waals surface area (Å²) in [5, 5.41) is 0. The van der Waals surface area contributed by atoms with Crippen molar-refractivity contribution in [3.8, 4) is 0 Å². The third-order valence-corrected chi connectivity index (χ3v) is 2.76. The van der Waals surface area contributed by atoms with Crippen molar-refractivity contribution < 1.29 is 4.79 Å². The smallest absolute Gasteiger partial charge is 0.222 e. The molecule has 1 amide bonds. The molecule has 0 aliphatic carbocycles. The highest BCUT2D eigenvalue weighted by Gasteiger charge is 2.14. The van der Waals surface area contributed by atoms with E-state index in [0.717, 1.165) is 25.8 Å². The van der Waals surface area contributed by atoms with Crippen LogP contribution in [0.4, 0.5) is 0 Å². The Hall–Kier alpha value is -0.640. The Morgan fingerprint density at radius 1 is 1.29 bits per heavy atom. The number of carbonyl (C=O) groups is 1. The number of carbonyl (C=O) groups excluding carboxylic acids is 1. The zero-order valence-corrected chi connectivity index (χ0v) is 12.2. The Morgan fingerprint density at radius 3 is 2.41 bits per heavy atom. The number of hydrogen-bond donors (Lipinski definition) is 1. The summed E-state index contributed by atoms with van der Waals surface area (Å²) in [6.07, 6.45) is 4.53. The number of thiocarbonyl (C=S) groups is 1. The summed E-state index contributed by atoms with van der Waals surface area (Å²) in [4.78, 5) is 14.4. The highest BCUT2D eigenvalue weighted by molar-refractivity contribution is 7.80. The van der Waals surface area contributed by atoms with Crippen LogP contribution < -0.4 is 5.73 Å². The second-order valence-electron chi connectivity index (χ2n) is 4.91. The van der Waals surface area contributed by atoms with Crippen LogP contribution in [0.25, 0.3) is 0 Å². The molecule has 0 rings (SSSR count). The molecule has 4 heteroatoms. The van der Waals surface area contributed by atoms with Gasteiger partial charge < -0.3 is 10.6 Å². The number of nitrogens with zero attached hydrogens (tertiary/aromatic N) is 1. The molecule has 0 aliphatic heterocycles. The Kier molecular flexibility index (Phi) is 9.04. The minimum absolute atomic E-state index is 0.239. The van der Waals surface area contributed by atoms with Crippen LogP contribution in [-0.2, 0) is 4.79 Å². The van der Waals surface area contributed by atoms with E-state index in [0.29, 0.717) is 30.3 Å². The number of hydrogen-bond acceptors (Lipinski definition) is 2. The van der Waals surface area contributed by atoms with Gasteiger partial charge in [-0.1, -0.05) is 45.8 Å². The van der Waals surface area contributed by atoms with E-state index in [-0.39, 0.29) is 5.91 Å². The second-order valence-corrected chi connectivity index (χ2v) is 5.43. The van der Waals surface area contributed by atoms with Crippen molar-refractivity contribution in [2.45, 2.75) is 52.9 Å². The van der Waals surface area contributed by atoms with Gasteiger partial charge in [0.25, 0.3) is 0 Å². The Balaban J connectivity index is 4.14. The first kappa shape index (κ1) is 16.4. The normalized spacial score (nSPS) is 10.6. The van der Waals surface area contributed by atoms with Crippen molar-refractivity contribution >= 4 is 23.1 Å². The summed E-state index contributed by atoms with van der Waals surface area (Å²) in [6.45, 7) is 7.84. The fourth-order valence-electron chi connectivity index (χ4n) is 1.69. The van der Waals surface area contributed by atoms with Gasteiger partial charge in [-0.25, -0.2) is 0 Å². The van der Waals surface area contributed by atoms with Gasteiger partial charge in [-0.2, -0.15) is 0 Å². The molecular weight excluding hydrogens is 232 g/mol. The third kappa shape index (κ3) is 9.10. The first-order chi connectivity index (χ1) is 7.97. The SMILES string of the molecule is CCCCCC(=O)N(CCC(N)=S)CC(C)C. The minimum Gasteiger partial charge on any atom is -0.393 e. The minimum atomic E-state index is 0.239. The van der Waals surface area contributed by atoms with Crippen LogP contribution in [0.2, 0.25) is 0 Å². The van der Waals surface area contributed by atoms with Gasteiger partial charge in [0.2, 0.25) is 5.91 Å². The van der Waals surface area contributed by atoms with E-state index in [2.05, 4.69) is 20.8 Å². The zero-order valence-electron chi connectivity index (χ0n) is 11.4. The van der Waals surface area contributed by atoms with Crippen molar-refractivity contribution in [3.63, 3.8) is 0 Å². The predicted molar refractivity (Wildman–Crippen MR) is 77.0 cm³/mol. The molecule has 0 heterocycles. The molecule has 0 aromatic heterocycles. The lowest BCUT2D eigenvalue weighted by Gasteiger charge is -2.24. The topological polar surface area (TPSA) is 46.3 Å². The molecule has 0 spiro atoms. The molecule has 2 N–H and O–H groups in total. The molecule has 3 nitrogen and oxygen atoms in total. The molecular formula is C13H26N2OS. The summed E-state index contributed by atoms with van der Waals surface area (Å²) in [7, 11) is 0. The molecule has 0 atom stereocenters. The van der Waals surface area contributed by atoms with Crippen molar-refractivity contribution in [2.24, 2.45) is 11.7 Å². The maximum absolute atomic E-state index is 12.0. The molecule has 17 heavy (non-hydrogen) atoms. The summed E-state index contributed by atoms with van der Waals surface area (Å²) in [5.41, 5.74) is 5.49. The molecule has 0 aromatic carbocycles. The molecule has 100 valence electrons. The molecule has 0 bridgehead atoms. The van der Waals surface area contributed by atoms with E-state index in [1.54, 1.807) is 0 Å². The van der Waals surface area contributed by atoms with E-state index >= 15 is 0 Å². The van der Waals surface area contributed by atoms with Crippen LogP contribution in [0.1, 0.15) is 52.9 Å². The predicted octanol–water partition coefficient (Wildman–Crippen LogP) is 2.73. The van der Waals surface area contributed by atoms with Crippen LogP contribution >= 0.6 is 12.2 Å². The second kappa shape index (κ2) is 9.40. The van der Waals surface area contributed by atoms with Gasteiger partial charge in [0.05, 0.1) is 4.99 Å². The van der Waals surface area contributed by atoms with E-state index in [1.165, 1.54) is 0 Å². The molecule has 0 aliphatic rings. The van der Waals surface area contributed by atoms with E-state index in [9.17, 15) is 4.79 Å². The van der Waals surface area contributed by atoms with Gasteiger partial charge >= 0.3 is 0 Å².